The molecule has 1 fully saturated rings. The standard InChI is InChI=1S/C21H25ClFN5O3S/c1-12(2)11-31-21-17(22)7-14(10-25-21)26-19-9-18(23)16(8-15(19)13(3)24)20(29)27-32(30)28-5-4-6-28/h7-10,12,24,26H,4-6,11H2,1-3H3,(H,27,29). The molecule has 1 aromatic carbocycles. The van der Waals surface area contributed by atoms with Crippen molar-refractivity contribution in [2.45, 2.75) is 27.2 Å². The Balaban J connectivity index is 1.81. The molecule has 0 spiro atoms. The summed E-state index contributed by atoms with van der Waals surface area (Å²) < 4.78 is 36.3. The molecular formula is C21H25ClFN5O3S. The highest BCUT2D eigenvalue weighted by molar-refractivity contribution is 7.81. The van der Waals surface area contributed by atoms with Gasteiger partial charge >= 0.3 is 0 Å². The van der Waals surface area contributed by atoms with Crippen LogP contribution >= 0.6 is 11.6 Å². The van der Waals surface area contributed by atoms with Gasteiger partial charge in [0.05, 0.1) is 29.7 Å². The number of hydrogen-bond acceptors (Lipinski definition) is 6. The van der Waals surface area contributed by atoms with E-state index in [2.05, 4.69) is 15.0 Å². The van der Waals surface area contributed by atoms with Crippen molar-refractivity contribution >= 4 is 45.8 Å². The van der Waals surface area contributed by atoms with E-state index in [0.717, 1.165) is 12.5 Å². The van der Waals surface area contributed by atoms with Gasteiger partial charge in [-0.3, -0.25) is 9.52 Å². The van der Waals surface area contributed by atoms with Gasteiger partial charge in [-0.2, -0.15) is 0 Å². The SMILES string of the molecule is CC(=N)c1cc(C(=O)NS(=O)N2CCC2)c(F)cc1Nc1cnc(OCC(C)C)c(Cl)c1. The average Bonchev–Trinajstić information content (AvgIpc) is 2.65. The normalized spacial score (nSPS) is 14.6. The van der Waals surface area contributed by atoms with Crippen molar-refractivity contribution < 1.29 is 18.1 Å². The number of amides is 1. The first kappa shape index (κ1) is 24.1. The predicted octanol–water partition coefficient (Wildman–Crippen LogP) is 4.05. The molecule has 11 heteroatoms. The summed E-state index contributed by atoms with van der Waals surface area (Å²) in [7, 11) is 0. The number of aromatic nitrogens is 1. The predicted molar refractivity (Wildman–Crippen MR) is 124 cm³/mol. The molecule has 2 heterocycles. The molecule has 3 N–H and O–H groups in total. The van der Waals surface area contributed by atoms with E-state index in [9.17, 15) is 13.4 Å². The quantitative estimate of drug-likeness (QED) is 0.468. The van der Waals surface area contributed by atoms with Gasteiger partial charge in [-0.25, -0.2) is 17.9 Å². The Kier molecular flexibility index (Phi) is 7.81. The number of nitrogens with zero attached hydrogens (tertiary/aromatic N) is 2. The minimum absolute atomic E-state index is 0.112. The zero-order valence-electron chi connectivity index (χ0n) is 18.0. The van der Waals surface area contributed by atoms with Crippen LogP contribution in [0, 0.1) is 17.1 Å². The molecule has 0 bridgehead atoms. The van der Waals surface area contributed by atoms with Gasteiger partial charge in [0.1, 0.15) is 10.8 Å². The topological polar surface area (TPSA) is 107 Å². The number of anilines is 2. The van der Waals surface area contributed by atoms with Gasteiger partial charge in [-0.15, -0.1) is 0 Å². The Morgan fingerprint density at radius 3 is 2.62 bits per heavy atom. The van der Waals surface area contributed by atoms with Crippen molar-refractivity contribution in [3.05, 3.63) is 46.4 Å². The van der Waals surface area contributed by atoms with Gasteiger partial charge in [-0.05, 0) is 37.5 Å². The van der Waals surface area contributed by atoms with E-state index >= 15 is 0 Å². The number of benzene rings is 1. The summed E-state index contributed by atoms with van der Waals surface area (Å²) in [4.78, 5) is 16.6. The van der Waals surface area contributed by atoms with Gasteiger partial charge in [0.2, 0.25) is 5.88 Å². The highest BCUT2D eigenvalue weighted by Crippen LogP contribution is 2.29. The van der Waals surface area contributed by atoms with E-state index < -0.39 is 22.9 Å². The van der Waals surface area contributed by atoms with Crippen LogP contribution in [0.15, 0.2) is 24.4 Å². The smallest absolute Gasteiger partial charge is 0.266 e. The molecule has 0 radical (unpaired) electrons. The molecule has 1 aromatic heterocycles. The molecule has 1 aliphatic rings. The third-order valence-electron chi connectivity index (χ3n) is 4.63. The lowest BCUT2D eigenvalue weighted by Gasteiger charge is -2.28. The van der Waals surface area contributed by atoms with Crippen LogP contribution in [0.1, 0.15) is 43.1 Å². The third kappa shape index (κ3) is 5.81. The Morgan fingerprint density at radius 1 is 1.34 bits per heavy atom. The highest BCUT2D eigenvalue weighted by Gasteiger charge is 2.24. The number of carbonyl (C=O) groups excluding carboxylic acids is 1. The summed E-state index contributed by atoms with van der Waals surface area (Å²) in [5.74, 6) is -1.02. The van der Waals surface area contributed by atoms with E-state index in [1.54, 1.807) is 10.4 Å². The lowest BCUT2D eigenvalue weighted by atomic mass is 10.0. The maximum Gasteiger partial charge on any atom is 0.266 e. The molecular weight excluding hydrogens is 457 g/mol. The molecule has 3 rings (SSSR count). The van der Waals surface area contributed by atoms with Gasteiger partial charge in [0.25, 0.3) is 5.91 Å². The van der Waals surface area contributed by atoms with Crippen molar-refractivity contribution in [1.82, 2.24) is 14.0 Å². The Morgan fingerprint density at radius 2 is 2.06 bits per heavy atom. The molecule has 0 aliphatic carbocycles. The zero-order valence-corrected chi connectivity index (χ0v) is 19.6. The lowest BCUT2D eigenvalue weighted by molar-refractivity contribution is 0.0976. The molecule has 32 heavy (non-hydrogen) atoms. The first-order valence-electron chi connectivity index (χ1n) is 10.1. The van der Waals surface area contributed by atoms with Gasteiger partial charge in [-0.1, -0.05) is 25.4 Å². The zero-order chi connectivity index (χ0) is 23.4. The van der Waals surface area contributed by atoms with Crippen LogP contribution in [0.3, 0.4) is 0 Å². The van der Waals surface area contributed by atoms with E-state index in [1.807, 2.05) is 13.8 Å². The monoisotopic (exact) mass is 481 g/mol. The van der Waals surface area contributed by atoms with E-state index in [-0.39, 0.29) is 22.0 Å². The number of nitrogens with one attached hydrogen (secondary N) is 3. The van der Waals surface area contributed by atoms with E-state index in [4.69, 9.17) is 21.7 Å². The molecule has 1 aliphatic heterocycles. The Bertz CT molecular complexity index is 1060. The van der Waals surface area contributed by atoms with Crippen LogP contribution in [0.25, 0.3) is 0 Å². The van der Waals surface area contributed by atoms with E-state index in [1.165, 1.54) is 19.2 Å². The number of rotatable bonds is 9. The fraction of sp³-hybridized carbons (Fsp3) is 0.381. The summed E-state index contributed by atoms with van der Waals surface area (Å²) in [5.41, 5.74) is 0.859. The number of ether oxygens (including phenoxy) is 1. The van der Waals surface area contributed by atoms with Crippen LogP contribution in [-0.2, 0) is 11.2 Å². The summed E-state index contributed by atoms with van der Waals surface area (Å²) >= 11 is 4.52. The molecule has 172 valence electrons. The van der Waals surface area contributed by atoms with E-state index in [0.29, 0.717) is 42.7 Å². The average molecular weight is 482 g/mol. The molecule has 1 atom stereocenters. The Labute approximate surface area is 193 Å². The Hall–Kier alpha value is -2.56. The van der Waals surface area contributed by atoms with Crippen LogP contribution in [0.4, 0.5) is 15.8 Å². The van der Waals surface area contributed by atoms with Crippen LogP contribution in [0.5, 0.6) is 5.88 Å². The van der Waals surface area contributed by atoms with Crippen molar-refractivity contribution in [3.8, 4) is 5.88 Å². The number of carbonyl (C=O) groups is 1. The summed E-state index contributed by atoms with van der Waals surface area (Å²) in [6, 6.07) is 3.96. The maximum absolute atomic E-state index is 14.8. The molecule has 8 nitrogen and oxygen atoms in total. The van der Waals surface area contributed by atoms with Crippen LogP contribution < -0.4 is 14.8 Å². The summed E-state index contributed by atoms with van der Waals surface area (Å²) in [5, 5.41) is 11.3. The first-order chi connectivity index (χ1) is 15.2. The van der Waals surface area contributed by atoms with Gasteiger partial charge in [0.15, 0.2) is 11.2 Å². The highest BCUT2D eigenvalue weighted by atomic mass is 35.5. The molecule has 1 amide bonds. The molecule has 1 unspecified atom stereocenters. The van der Waals surface area contributed by atoms with Crippen LogP contribution in [0.2, 0.25) is 5.02 Å². The van der Waals surface area contributed by atoms with Crippen molar-refractivity contribution in [3.63, 3.8) is 0 Å². The molecule has 2 aromatic rings. The van der Waals surface area contributed by atoms with Crippen molar-refractivity contribution in [2.75, 3.05) is 25.0 Å². The number of hydrogen-bond donors (Lipinski definition) is 3. The van der Waals surface area contributed by atoms with Crippen molar-refractivity contribution in [1.29, 1.82) is 5.41 Å². The first-order valence-corrected chi connectivity index (χ1v) is 11.6. The van der Waals surface area contributed by atoms with Gasteiger partial charge < -0.3 is 15.5 Å². The number of halogens is 2. The van der Waals surface area contributed by atoms with Crippen molar-refractivity contribution in [2.24, 2.45) is 5.92 Å². The van der Waals surface area contributed by atoms with Crippen LogP contribution in [-0.4, -0.2) is 44.8 Å². The lowest BCUT2D eigenvalue weighted by Crippen LogP contribution is -2.45. The second kappa shape index (κ2) is 10.4. The molecule has 1 saturated heterocycles. The fourth-order valence-electron chi connectivity index (χ4n) is 2.81. The molecule has 0 saturated carbocycles. The largest absolute Gasteiger partial charge is 0.476 e. The number of pyridine rings is 1. The fourth-order valence-corrected chi connectivity index (χ4v) is 4.02. The third-order valence-corrected chi connectivity index (χ3v) is 6.09. The minimum atomic E-state index is -1.72. The minimum Gasteiger partial charge on any atom is -0.476 e. The summed E-state index contributed by atoms with van der Waals surface area (Å²) in [6.07, 6.45) is 2.39. The summed E-state index contributed by atoms with van der Waals surface area (Å²) in [6.45, 7) is 7.22. The second-order valence-corrected chi connectivity index (χ2v) is 9.43. The second-order valence-electron chi connectivity index (χ2n) is 7.81. The maximum atomic E-state index is 14.8. The van der Waals surface area contributed by atoms with Gasteiger partial charge in [0, 0.05) is 24.4 Å².